The van der Waals surface area contributed by atoms with E-state index < -0.39 is 73.6 Å². The van der Waals surface area contributed by atoms with Gasteiger partial charge in [0.25, 0.3) is 15.9 Å². The maximum Gasteiger partial charge on any atom is 0.417 e. The van der Waals surface area contributed by atoms with Gasteiger partial charge < -0.3 is 10.1 Å². The smallest absolute Gasteiger partial charge is 0.417 e. The van der Waals surface area contributed by atoms with Crippen molar-refractivity contribution in [2.75, 3.05) is 15.8 Å². The number of nitrogens with one attached hydrogen (secondary N) is 1. The van der Waals surface area contributed by atoms with Gasteiger partial charge in [-0.15, -0.1) is 0 Å². The first-order valence-electron chi connectivity index (χ1n) is 14.5. The Balaban J connectivity index is 1.36. The molecule has 17 heteroatoms. The van der Waals surface area contributed by atoms with E-state index in [0.717, 1.165) is 24.3 Å². The Bertz CT molecular complexity index is 1920. The van der Waals surface area contributed by atoms with Crippen LogP contribution in [0, 0.1) is 11.7 Å². The summed E-state index contributed by atoms with van der Waals surface area (Å²) in [5, 5.41) is 2.43. The number of fused-ring (bicyclic) bond motifs is 2. The molecule has 1 amide bonds. The van der Waals surface area contributed by atoms with Gasteiger partial charge in [-0.2, -0.15) is 22.0 Å². The van der Waals surface area contributed by atoms with Crippen LogP contribution in [-0.4, -0.2) is 51.9 Å². The predicted octanol–water partition coefficient (Wildman–Crippen LogP) is 5.20. The summed E-state index contributed by atoms with van der Waals surface area (Å²) < 4.78 is 138. The highest BCUT2D eigenvalue weighted by Gasteiger charge is 2.60. The summed E-state index contributed by atoms with van der Waals surface area (Å²) in [6.07, 6.45) is -2.82. The molecule has 1 spiro atoms. The molecule has 1 saturated carbocycles. The third-order valence-corrected chi connectivity index (χ3v) is 12.4. The highest BCUT2D eigenvalue weighted by atomic mass is 32.2. The SMILES string of the molecule is O=C(NCc1ncc(C(F)(F)F)cc1F)c1ccc2c(c1)C1(CCS(=O)(=O)CC1)C(C1CC1)N2S(=O)(=O)c1ccc(OC(F)F)cc1. The molecule has 0 radical (unpaired) electrons. The molecule has 47 heavy (non-hydrogen) atoms. The Labute approximate surface area is 265 Å². The second-order valence-corrected chi connectivity index (χ2v) is 15.9. The minimum Gasteiger partial charge on any atom is -0.435 e. The lowest BCUT2D eigenvalue weighted by Crippen LogP contribution is -2.52. The maximum atomic E-state index is 14.3. The molecule has 1 saturated heterocycles. The highest BCUT2D eigenvalue weighted by Crippen LogP contribution is 2.59. The topological polar surface area (TPSA) is 123 Å². The largest absolute Gasteiger partial charge is 0.435 e. The zero-order chi connectivity index (χ0) is 33.9. The molecule has 2 aromatic carbocycles. The average molecular weight is 704 g/mol. The number of pyridine rings is 1. The number of aromatic nitrogens is 1. The van der Waals surface area contributed by atoms with Crippen molar-refractivity contribution in [3.05, 3.63) is 82.9 Å². The summed E-state index contributed by atoms with van der Waals surface area (Å²) in [6.45, 7) is -3.65. The minimum atomic E-state index is -4.81. The van der Waals surface area contributed by atoms with E-state index in [1.54, 1.807) is 0 Å². The lowest BCUT2D eigenvalue weighted by Gasteiger charge is -2.41. The van der Waals surface area contributed by atoms with Crippen molar-refractivity contribution in [2.45, 2.75) is 61.4 Å². The fraction of sp³-hybridized carbons (Fsp3) is 0.400. The van der Waals surface area contributed by atoms with E-state index >= 15 is 0 Å². The number of anilines is 1. The molecule has 1 unspecified atom stereocenters. The van der Waals surface area contributed by atoms with Crippen LogP contribution in [0.25, 0.3) is 0 Å². The van der Waals surface area contributed by atoms with Gasteiger partial charge >= 0.3 is 12.8 Å². The number of halogens is 6. The van der Waals surface area contributed by atoms with E-state index in [4.69, 9.17) is 0 Å². The monoisotopic (exact) mass is 703 g/mol. The first-order valence-corrected chi connectivity index (χ1v) is 17.7. The standard InChI is InChI=1S/C30H27F6N3O6S2/c31-23-14-19(30(34,35)36)15-37-24(23)16-38-27(40)18-3-8-25-22(13-18)29(9-11-46(41,42)12-10-29)26(17-1-2-17)39(25)47(43,44)21-6-4-20(5-7-21)45-28(32)33/h3-8,13-15,17,26,28H,1-2,9-12,16H2,(H,38,40). The number of hydrogen-bond acceptors (Lipinski definition) is 7. The van der Waals surface area contributed by atoms with E-state index in [9.17, 15) is 48.0 Å². The summed E-state index contributed by atoms with van der Waals surface area (Å²) >= 11 is 0. The second-order valence-electron chi connectivity index (χ2n) is 11.8. The maximum absolute atomic E-state index is 14.3. The van der Waals surface area contributed by atoms with Crippen molar-refractivity contribution in [3.63, 3.8) is 0 Å². The molecule has 252 valence electrons. The number of amides is 1. The fourth-order valence-electron chi connectivity index (χ4n) is 6.53. The van der Waals surface area contributed by atoms with Crippen LogP contribution in [0.5, 0.6) is 5.75 Å². The van der Waals surface area contributed by atoms with Crippen LogP contribution >= 0.6 is 0 Å². The molecule has 3 heterocycles. The van der Waals surface area contributed by atoms with Gasteiger partial charge in [-0.1, -0.05) is 0 Å². The molecule has 2 fully saturated rings. The Morgan fingerprint density at radius 3 is 2.30 bits per heavy atom. The van der Waals surface area contributed by atoms with Crippen LogP contribution in [0.2, 0.25) is 0 Å². The van der Waals surface area contributed by atoms with Gasteiger partial charge in [-0.25, -0.2) is 21.2 Å². The molecule has 0 bridgehead atoms. The molecule has 1 aromatic heterocycles. The lowest BCUT2D eigenvalue weighted by molar-refractivity contribution is -0.138. The van der Waals surface area contributed by atoms with Gasteiger partial charge in [0.05, 0.1) is 45.9 Å². The number of rotatable bonds is 8. The summed E-state index contributed by atoms with van der Waals surface area (Å²) in [7, 11) is -7.76. The van der Waals surface area contributed by atoms with Crippen LogP contribution in [0.15, 0.2) is 59.6 Å². The van der Waals surface area contributed by atoms with E-state index in [1.165, 1.54) is 22.5 Å². The molecule has 2 aliphatic heterocycles. The fourth-order valence-corrected chi connectivity index (χ4v) is 9.88. The van der Waals surface area contributed by atoms with Crippen LogP contribution in [0.3, 0.4) is 0 Å². The van der Waals surface area contributed by atoms with Gasteiger partial charge in [0, 0.05) is 17.2 Å². The van der Waals surface area contributed by atoms with Crippen molar-refractivity contribution >= 4 is 31.5 Å². The third kappa shape index (κ3) is 6.26. The molecular weight excluding hydrogens is 676 g/mol. The van der Waals surface area contributed by atoms with Gasteiger partial charge in [0.2, 0.25) is 0 Å². The molecule has 1 atom stereocenters. The number of hydrogen-bond donors (Lipinski definition) is 1. The summed E-state index contributed by atoms with van der Waals surface area (Å²) in [5.41, 5.74) is -1.99. The van der Waals surface area contributed by atoms with Gasteiger partial charge in [0.1, 0.15) is 21.4 Å². The number of carbonyl (C=O) groups is 1. The molecular formula is C30H27F6N3O6S2. The first kappa shape index (κ1) is 33.1. The Hall–Kier alpha value is -3.86. The first-order chi connectivity index (χ1) is 22.0. The van der Waals surface area contributed by atoms with E-state index in [-0.39, 0.29) is 58.2 Å². The van der Waals surface area contributed by atoms with Crippen molar-refractivity contribution in [1.29, 1.82) is 0 Å². The Morgan fingerprint density at radius 2 is 1.72 bits per heavy atom. The second kappa shape index (κ2) is 11.7. The average Bonchev–Trinajstić information content (AvgIpc) is 3.80. The minimum absolute atomic E-state index is 0.0335. The molecule has 1 N–H and O–H groups in total. The molecule has 3 aromatic rings. The number of sulfone groups is 1. The molecule has 1 aliphatic carbocycles. The number of carbonyl (C=O) groups excluding carboxylic acids is 1. The quantitative estimate of drug-likeness (QED) is 0.320. The summed E-state index contributed by atoms with van der Waals surface area (Å²) in [6, 6.07) is 8.32. The third-order valence-electron chi connectivity index (χ3n) is 8.91. The van der Waals surface area contributed by atoms with Crippen molar-refractivity contribution in [3.8, 4) is 5.75 Å². The van der Waals surface area contributed by atoms with E-state index in [2.05, 4.69) is 15.0 Å². The number of sulfonamides is 1. The normalized spacial score (nSPS) is 20.3. The molecule has 6 rings (SSSR count). The zero-order valence-corrected chi connectivity index (χ0v) is 25.9. The van der Waals surface area contributed by atoms with Gasteiger partial charge in [-0.05, 0) is 85.7 Å². The van der Waals surface area contributed by atoms with Crippen molar-refractivity contribution in [1.82, 2.24) is 10.3 Å². The predicted molar refractivity (Wildman–Crippen MR) is 156 cm³/mol. The number of ether oxygens (including phenoxy) is 1. The lowest BCUT2D eigenvalue weighted by atomic mass is 9.70. The molecule has 9 nitrogen and oxygen atoms in total. The van der Waals surface area contributed by atoms with Crippen molar-refractivity contribution in [2.24, 2.45) is 5.92 Å². The van der Waals surface area contributed by atoms with Gasteiger partial charge in [0.15, 0.2) is 0 Å². The van der Waals surface area contributed by atoms with E-state index in [1.807, 2.05) is 0 Å². The number of nitrogens with zero attached hydrogens (tertiary/aromatic N) is 2. The number of benzene rings is 2. The zero-order valence-electron chi connectivity index (χ0n) is 24.3. The van der Waals surface area contributed by atoms with Crippen LogP contribution in [0.4, 0.5) is 32.0 Å². The number of alkyl halides is 5. The Morgan fingerprint density at radius 1 is 1.06 bits per heavy atom. The summed E-state index contributed by atoms with van der Waals surface area (Å²) in [4.78, 5) is 16.5. The van der Waals surface area contributed by atoms with Crippen LogP contribution in [0.1, 0.15) is 52.9 Å². The summed E-state index contributed by atoms with van der Waals surface area (Å²) in [5.74, 6) is -2.79. The van der Waals surface area contributed by atoms with Crippen molar-refractivity contribution < 1.29 is 52.7 Å². The van der Waals surface area contributed by atoms with Gasteiger partial charge in [-0.3, -0.25) is 14.1 Å². The van der Waals surface area contributed by atoms with E-state index in [0.29, 0.717) is 24.6 Å². The van der Waals surface area contributed by atoms with Crippen LogP contribution < -0.4 is 14.4 Å². The van der Waals surface area contributed by atoms with Crippen LogP contribution in [-0.2, 0) is 38.0 Å². The Kier molecular flexibility index (Phi) is 8.22. The molecule has 3 aliphatic rings. The highest BCUT2D eigenvalue weighted by molar-refractivity contribution is 7.93.